The molecule has 6 heteroatoms. The van der Waals surface area contributed by atoms with Crippen LogP contribution in [0.25, 0.3) is 0 Å². The summed E-state index contributed by atoms with van der Waals surface area (Å²) in [5, 5.41) is 20.0. The first-order chi connectivity index (χ1) is 9.03. The Morgan fingerprint density at radius 1 is 1.42 bits per heavy atom. The molecule has 1 aromatic carbocycles. The summed E-state index contributed by atoms with van der Waals surface area (Å²) >= 11 is 0. The molecule has 0 aliphatic rings. The molecule has 0 N–H and O–H groups in total. The highest BCUT2D eigenvalue weighted by Gasteiger charge is 2.18. The Balaban J connectivity index is 3.27. The van der Waals surface area contributed by atoms with Gasteiger partial charge in [0.15, 0.2) is 0 Å². The van der Waals surface area contributed by atoms with Crippen LogP contribution in [0.4, 0.5) is 5.69 Å². The molecular formula is C13H14N2O4. The zero-order valence-corrected chi connectivity index (χ0v) is 10.8. The molecule has 0 aromatic heterocycles. The van der Waals surface area contributed by atoms with Crippen molar-refractivity contribution in [3.05, 3.63) is 38.9 Å². The lowest BCUT2D eigenvalue weighted by Gasteiger charge is -2.08. The number of nitrogens with zero attached hydrogens (tertiary/aromatic N) is 2. The van der Waals surface area contributed by atoms with Crippen molar-refractivity contribution >= 4 is 11.7 Å². The van der Waals surface area contributed by atoms with Crippen LogP contribution in [0.3, 0.4) is 0 Å². The third kappa shape index (κ3) is 3.52. The minimum absolute atomic E-state index is 0.116. The summed E-state index contributed by atoms with van der Waals surface area (Å²) in [6.07, 6.45) is 0.353. The van der Waals surface area contributed by atoms with E-state index in [2.05, 4.69) is 0 Å². The predicted octanol–water partition coefficient (Wildman–Crippen LogP) is 2.13. The van der Waals surface area contributed by atoms with Gasteiger partial charge >= 0.3 is 5.97 Å². The fourth-order valence-corrected chi connectivity index (χ4v) is 1.78. The fraction of sp³-hybridized carbons (Fsp3) is 0.385. The van der Waals surface area contributed by atoms with Crippen molar-refractivity contribution in [3.8, 4) is 6.07 Å². The zero-order chi connectivity index (χ0) is 14.4. The number of rotatable bonds is 5. The van der Waals surface area contributed by atoms with Crippen molar-refractivity contribution in [2.75, 3.05) is 6.61 Å². The number of carbonyl (C=O) groups is 1. The van der Waals surface area contributed by atoms with Crippen LogP contribution in [0.5, 0.6) is 0 Å². The molecule has 0 amide bonds. The van der Waals surface area contributed by atoms with Crippen LogP contribution in [0.15, 0.2) is 12.1 Å². The maximum absolute atomic E-state index is 11.5. The van der Waals surface area contributed by atoms with Gasteiger partial charge in [-0.05, 0) is 24.5 Å². The van der Waals surface area contributed by atoms with Gasteiger partial charge in [-0.3, -0.25) is 14.9 Å². The molecule has 0 saturated carbocycles. The van der Waals surface area contributed by atoms with E-state index in [9.17, 15) is 14.9 Å². The minimum Gasteiger partial charge on any atom is -0.466 e. The molecule has 19 heavy (non-hydrogen) atoms. The van der Waals surface area contributed by atoms with Crippen LogP contribution in [0.2, 0.25) is 0 Å². The van der Waals surface area contributed by atoms with Gasteiger partial charge in [-0.15, -0.1) is 0 Å². The number of ether oxygens (including phenoxy) is 1. The molecule has 1 rings (SSSR count). The summed E-state index contributed by atoms with van der Waals surface area (Å²) in [5.41, 5.74) is 1.11. The van der Waals surface area contributed by atoms with E-state index < -0.39 is 10.9 Å². The van der Waals surface area contributed by atoms with Crippen LogP contribution < -0.4 is 0 Å². The molecule has 0 fully saturated rings. The molecule has 0 saturated heterocycles. The molecular weight excluding hydrogens is 248 g/mol. The van der Waals surface area contributed by atoms with E-state index in [0.717, 1.165) is 0 Å². The van der Waals surface area contributed by atoms with Gasteiger partial charge in [-0.25, -0.2) is 0 Å². The van der Waals surface area contributed by atoms with Crippen molar-refractivity contribution in [3.63, 3.8) is 0 Å². The van der Waals surface area contributed by atoms with Crippen molar-refractivity contribution in [1.29, 1.82) is 5.26 Å². The fourth-order valence-electron chi connectivity index (χ4n) is 1.78. The van der Waals surface area contributed by atoms with E-state index in [1.165, 1.54) is 12.1 Å². The lowest BCUT2D eigenvalue weighted by Crippen LogP contribution is -2.10. The summed E-state index contributed by atoms with van der Waals surface area (Å²) in [6.45, 7) is 3.71. The summed E-state index contributed by atoms with van der Waals surface area (Å²) in [5.74, 6) is -0.499. The number of esters is 1. The summed E-state index contributed by atoms with van der Waals surface area (Å²) in [4.78, 5) is 21.8. The quantitative estimate of drug-likeness (QED) is 0.460. The average molecular weight is 262 g/mol. The molecule has 0 unspecified atom stereocenters. The molecule has 0 bridgehead atoms. The van der Waals surface area contributed by atoms with E-state index in [1.54, 1.807) is 13.8 Å². The van der Waals surface area contributed by atoms with Crippen LogP contribution in [0, 0.1) is 21.4 Å². The first-order valence-corrected chi connectivity index (χ1v) is 5.89. The van der Waals surface area contributed by atoms with E-state index in [-0.39, 0.29) is 18.7 Å². The van der Waals surface area contributed by atoms with Crippen LogP contribution >= 0.6 is 0 Å². The first kappa shape index (κ1) is 14.6. The maximum atomic E-state index is 11.5. The largest absolute Gasteiger partial charge is 0.466 e. The van der Waals surface area contributed by atoms with Gasteiger partial charge in [-0.1, -0.05) is 6.92 Å². The van der Waals surface area contributed by atoms with Crippen molar-refractivity contribution in [1.82, 2.24) is 0 Å². The van der Waals surface area contributed by atoms with Crippen molar-refractivity contribution < 1.29 is 14.5 Å². The Bertz CT molecular complexity index is 546. The number of nitriles is 1. The second kappa shape index (κ2) is 6.50. The molecule has 0 radical (unpaired) electrons. The third-order valence-corrected chi connectivity index (χ3v) is 2.63. The van der Waals surface area contributed by atoms with Gasteiger partial charge in [0.25, 0.3) is 5.69 Å². The molecule has 0 aliphatic heterocycles. The molecule has 0 heterocycles. The Labute approximate surface area is 110 Å². The Kier molecular flexibility index (Phi) is 5.01. The van der Waals surface area contributed by atoms with Gasteiger partial charge in [0, 0.05) is 12.1 Å². The van der Waals surface area contributed by atoms with E-state index in [0.29, 0.717) is 23.1 Å². The number of carbonyl (C=O) groups excluding carboxylic acids is 1. The lowest BCUT2D eigenvalue weighted by molar-refractivity contribution is -0.385. The monoisotopic (exact) mass is 262 g/mol. The minimum atomic E-state index is -0.533. The molecule has 1 aromatic rings. The second-order valence-electron chi connectivity index (χ2n) is 3.84. The highest BCUT2D eigenvalue weighted by Crippen LogP contribution is 2.23. The van der Waals surface area contributed by atoms with Gasteiger partial charge in [0.1, 0.15) is 0 Å². The molecule has 100 valence electrons. The van der Waals surface area contributed by atoms with Crippen LogP contribution in [-0.4, -0.2) is 17.5 Å². The van der Waals surface area contributed by atoms with Crippen LogP contribution in [-0.2, 0) is 22.4 Å². The van der Waals surface area contributed by atoms with Gasteiger partial charge < -0.3 is 4.74 Å². The Morgan fingerprint density at radius 3 is 2.53 bits per heavy atom. The summed E-state index contributed by atoms with van der Waals surface area (Å²) < 4.78 is 4.80. The normalized spacial score (nSPS) is 9.74. The van der Waals surface area contributed by atoms with Crippen molar-refractivity contribution in [2.45, 2.75) is 26.7 Å². The number of non-ortho nitro benzene ring substituents is 1. The number of aryl methyl sites for hydroxylation is 1. The van der Waals surface area contributed by atoms with Crippen molar-refractivity contribution in [2.24, 2.45) is 0 Å². The van der Waals surface area contributed by atoms with E-state index in [4.69, 9.17) is 10.00 Å². The Morgan fingerprint density at radius 2 is 2.05 bits per heavy atom. The number of benzene rings is 1. The van der Waals surface area contributed by atoms with E-state index >= 15 is 0 Å². The highest BCUT2D eigenvalue weighted by molar-refractivity contribution is 5.74. The second-order valence-corrected chi connectivity index (χ2v) is 3.84. The van der Waals surface area contributed by atoms with Crippen LogP contribution in [0.1, 0.15) is 30.5 Å². The SMILES string of the molecule is CCOC(=O)Cc1cc([N+](=O)[O-])cc(CC)c1C#N. The maximum Gasteiger partial charge on any atom is 0.310 e. The highest BCUT2D eigenvalue weighted by atomic mass is 16.6. The average Bonchev–Trinajstić information content (AvgIpc) is 2.37. The lowest BCUT2D eigenvalue weighted by atomic mass is 9.97. The molecule has 0 spiro atoms. The molecule has 0 aliphatic carbocycles. The Hall–Kier alpha value is -2.42. The number of nitro benzene ring substituents is 1. The molecule has 6 nitrogen and oxygen atoms in total. The topological polar surface area (TPSA) is 93.2 Å². The number of hydrogen-bond acceptors (Lipinski definition) is 5. The zero-order valence-electron chi connectivity index (χ0n) is 10.8. The first-order valence-electron chi connectivity index (χ1n) is 5.89. The van der Waals surface area contributed by atoms with Gasteiger partial charge in [-0.2, -0.15) is 5.26 Å². The number of nitro groups is 1. The number of hydrogen-bond donors (Lipinski definition) is 0. The predicted molar refractivity (Wildman–Crippen MR) is 67.5 cm³/mol. The summed E-state index contributed by atoms with van der Waals surface area (Å²) in [6, 6.07) is 4.63. The smallest absolute Gasteiger partial charge is 0.310 e. The standard InChI is InChI=1S/C13H14N2O4/c1-3-9-5-11(15(17)18)6-10(12(9)8-14)7-13(16)19-4-2/h5-6H,3-4,7H2,1-2H3. The van der Waals surface area contributed by atoms with Gasteiger partial charge in [0.05, 0.1) is 29.6 Å². The van der Waals surface area contributed by atoms with E-state index in [1.807, 2.05) is 6.07 Å². The molecule has 0 atom stereocenters. The van der Waals surface area contributed by atoms with Gasteiger partial charge in [0.2, 0.25) is 0 Å². The summed E-state index contributed by atoms with van der Waals surface area (Å²) in [7, 11) is 0. The third-order valence-electron chi connectivity index (χ3n) is 2.63.